The predicted octanol–water partition coefficient (Wildman–Crippen LogP) is 2.26. The van der Waals surface area contributed by atoms with E-state index in [9.17, 15) is 14.7 Å². The van der Waals surface area contributed by atoms with Crippen molar-refractivity contribution in [2.75, 3.05) is 0 Å². The molecule has 6 heteroatoms. The lowest BCUT2D eigenvalue weighted by Gasteiger charge is -2.26. The van der Waals surface area contributed by atoms with Gasteiger partial charge in [0.2, 0.25) is 5.91 Å². The van der Waals surface area contributed by atoms with Gasteiger partial charge in [-0.2, -0.15) is 0 Å². The van der Waals surface area contributed by atoms with E-state index in [2.05, 4.69) is 15.3 Å². The van der Waals surface area contributed by atoms with Gasteiger partial charge in [0, 0.05) is 18.8 Å². The topological polar surface area (TPSA) is 95.1 Å². The van der Waals surface area contributed by atoms with Crippen molar-refractivity contribution in [1.29, 1.82) is 0 Å². The van der Waals surface area contributed by atoms with Crippen molar-refractivity contribution in [2.24, 2.45) is 5.41 Å². The maximum atomic E-state index is 12.1. The first-order valence-corrected chi connectivity index (χ1v) is 7.01. The minimum Gasteiger partial charge on any atom is -0.481 e. The summed E-state index contributed by atoms with van der Waals surface area (Å²) < 4.78 is 0. The number of nitrogens with one attached hydrogen (secondary N) is 2. The van der Waals surface area contributed by atoms with Crippen LogP contribution in [0.5, 0.6) is 0 Å². The number of nitrogens with zero attached hydrogens (tertiary/aromatic N) is 1. The molecular weight excluding hydrogens is 258 g/mol. The van der Waals surface area contributed by atoms with Gasteiger partial charge in [-0.05, 0) is 19.3 Å². The molecule has 0 aliphatic heterocycles. The third-order valence-electron chi connectivity index (χ3n) is 3.90. The summed E-state index contributed by atoms with van der Waals surface area (Å²) in [4.78, 5) is 30.6. The van der Waals surface area contributed by atoms with E-state index in [-0.39, 0.29) is 18.4 Å². The summed E-state index contributed by atoms with van der Waals surface area (Å²) >= 11 is 0. The van der Waals surface area contributed by atoms with Crippen molar-refractivity contribution in [1.82, 2.24) is 15.3 Å². The molecular formula is C14H23N3O3. The second-order valence-electron chi connectivity index (χ2n) is 4.97. The van der Waals surface area contributed by atoms with Crippen LogP contribution < -0.4 is 5.32 Å². The lowest BCUT2D eigenvalue weighted by atomic mass is 9.79. The Kier molecular flexibility index (Phi) is 5.73. The van der Waals surface area contributed by atoms with Crippen LogP contribution in [0.2, 0.25) is 0 Å². The number of aromatic amines is 1. The molecule has 112 valence electrons. The molecule has 0 bridgehead atoms. The molecule has 1 heterocycles. The van der Waals surface area contributed by atoms with Gasteiger partial charge in [0.05, 0.1) is 11.5 Å². The Balaban J connectivity index is 2.73. The minimum absolute atomic E-state index is 0.00740. The number of aliphatic carboxylic acids is 1. The second kappa shape index (κ2) is 7.07. The fourth-order valence-electron chi connectivity index (χ4n) is 2.26. The summed E-state index contributed by atoms with van der Waals surface area (Å²) in [6, 6.07) is -0.210. The van der Waals surface area contributed by atoms with Crippen molar-refractivity contribution >= 4 is 11.9 Å². The zero-order chi connectivity index (χ0) is 15.2. The molecule has 3 N–H and O–H groups in total. The van der Waals surface area contributed by atoms with Crippen LogP contribution in [0.15, 0.2) is 12.4 Å². The molecule has 20 heavy (non-hydrogen) atoms. The Morgan fingerprint density at radius 1 is 1.40 bits per heavy atom. The molecule has 1 atom stereocenters. The van der Waals surface area contributed by atoms with Crippen molar-refractivity contribution < 1.29 is 14.7 Å². The first-order chi connectivity index (χ1) is 9.49. The number of rotatable bonds is 8. The van der Waals surface area contributed by atoms with Crippen LogP contribution in [0.25, 0.3) is 0 Å². The Bertz CT molecular complexity index is 439. The van der Waals surface area contributed by atoms with Crippen LogP contribution in [-0.2, 0) is 9.59 Å². The van der Waals surface area contributed by atoms with Gasteiger partial charge >= 0.3 is 5.97 Å². The zero-order valence-corrected chi connectivity index (χ0v) is 12.3. The van der Waals surface area contributed by atoms with Crippen LogP contribution >= 0.6 is 0 Å². The molecule has 1 aromatic rings. The largest absolute Gasteiger partial charge is 0.481 e. The van der Waals surface area contributed by atoms with Gasteiger partial charge in [0.15, 0.2) is 0 Å². The van der Waals surface area contributed by atoms with E-state index < -0.39 is 11.4 Å². The number of carbonyl (C=O) groups excluding carboxylic acids is 1. The number of carboxylic acids is 1. The number of carboxylic acid groups (broad SMARTS) is 1. The molecule has 1 rings (SSSR count). The number of amides is 1. The highest BCUT2D eigenvalue weighted by atomic mass is 16.4. The number of imidazole rings is 1. The minimum atomic E-state index is -0.981. The predicted molar refractivity (Wildman–Crippen MR) is 75.0 cm³/mol. The molecule has 0 aliphatic carbocycles. The van der Waals surface area contributed by atoms with Crippen molar-refractivity contribution in [3.8, 4) is 0 Å². The zero-order valence-electron chi connectivity index (χ0n) is 12.3. The number of hydrogen-bond donors (Lipinski definition) is 3. The highest BCUT2D eigenvalue weighted by Gasteiger charge is 2.37. The first kappa shape index (κ1) is 16.2. The van der Waals surface area contributed by atoms with Crippen LogP contribution in [0.1, 0.15) is 58.3 Å². The summed E-state index contributed by atoms with van der Waals surface area (Å²) in [5, 5.41) is 12.2. The van der Waals surface area contributed by atoms with E-state index in [4.69, 9.17) is 0 Å². The van der Waals surface area contributed by atoms with Gasteiger partial charge in [-0.1, -0.05) is 20.8 Å². The SMILES string of the molecule is CCC(NC(=O)CC(CC)(CC)C(=O)O)c1ncc[nH]1. The Labute approximate surface area is 119 Å². The smallest absolute Gasteiger partial charge is 0.310 e. The Hall–Kier alpha value is -1.85. The summed E-state index contributed by atoms with van der Waals surface area (Å²) in [5.74, 6) is -0.474. The Morgan fingerprint density at radius 2 is 2.05 bits per heavy atom. The maximum absolute atomic E-state index is 12.1. The summed E-state index contributed by atoms with van der Waals surface area (Å²) in [7, 11) is 0. The monoisotopic (exact) mass is 281 g/mol. The van der Waals surface area contributed by atoms with Gasteiger partial charge in [-0.15, -0.1) is 0 Å². The summed E-state index contributed by atoms with van der Waals surface area (Å²) in [5.41, 5.74) is -0.981. The fourth-order valence-corrected chi connectivity index (χ4v) is 2.26. The average Bonchev–Trinajstić information content (AvgIpc) is 2.95. The van der Waals surface area contributed by atoms with Gasteiger partial charge in [0.25, 0.3) is 0 Å². The highest BCUT2D eigenvalue weighted by Crippen LogP contribution is 2.31. The highest BCUT2D eigenvalue weighted by molar-refractivity contribution is 5.85. The lowest BCUT2D eigenvalue weighted by molar-refractivity contribution is -0.152. The van der Waals surface area contributed by atoms with E-state index in [0.717, 1.165) is 0 Å². The molecule has 0 aliphatic rings. The van der Waals surface area contributed by atoms with E-state index in [0.29, 0.717) is 25.1 Å². The van der Waals surface area contributed by atoms with Crippen molar-refractivity contribution in [3.63, 3.8) is 0 Å². The molecule has 0 radical (unpaired) electrons. The molecule has 0 fully saturated rings. The Morgan fingerprint density at radius 3 is 2.45 bits per heavy atom. The summed E-state index contributed by atoms with van der Waals surface area (Å²) in [6.07, 6.45) is 4.88. The second-order valence-corrected chi connectivity index (χ2v) is 4.97. The standard InChI is InChI=1S/C14H23N3O3/c1-4-10(12-15-7-8-16-12)17-11(18)9-14(5-2,6-3)13(19)20/h7-8,10H,4-6,9H2,1-3H3,(H,15,16)(H,17,18)(H,19,20). The molecule has 0 saturated carbocycles. The average molecular weight is 281 g/mol. The summed E-state index contributed by atoms with van der Waals surface area (Å²) in [6.45, 7) is 5.54. The number of H-pyrrole nitrogens is 1. The molecule has 0 aromatic carbocycles. The third kappa shape index (κ3) is 3.59. The van der Waals surface area contributed by atoms with E-state index in [1.165, 1.54) is 0 Å². The fraction of sp³-hybridized carbons (Fsp3) is 0.643. The van der Waals surface area contributed by atoms with Crippen LogP contribution in [0, 0.1) is 5.41 Å². The van der Waals surface area contributed by atoms with Gasteiger partial charge in [-0.25, -0.2) is 4.98 Å². The van der Waals surface area contributed by atoms with E-state index >= 15 is 0 Å². The third-order valence-corrected chi connectivity index (χ3v) is 3.90. The van der Waals surface area contributed by atoms with E-state index in [1.807, 2.05) is 6.92 Å². The first-order valence-electron chi connectivity index (χ1n) is 7.01. The van der Waals surface area contributed by atoms with Gasteiger partial charge in [0.1, 0.15) is 5.82 Å². The molecule has 1 unspecified atom stereocenters. The van der Waals surface area contributed by atoms with Crippen molar-refractivity contribution in [3.05, 3.63) is 18.2 Å². The molecule has 0 spiro atoms. The van der Waals surface area contributed by atoms with Crippen LogP contribution in [0.3, 0.4) is 0 Å². The van der Waals surface area contributed by atoms with Gasteiger partial charge < -0.3 is 15.4 Å². The normalized spacial score (nSPS) is 12.9. The molecule has 1 amide bonds. The van der Waals surface area contributed by atoms with Gasteiger partial charge in [-0.3, -0.25) is 9.59 Å². The van der Waals surface area contributed by atoms with Crippen molar-refractivity contribution in [2.45, 2.75) is 52.5 Å². The molecule has 6 nitrogen and oxygen atoms in total. The van der Waals surface area contributed by atoms with E-state index in [1.54, 1.807) is 26.2 Å². The molecule has 0 saturated heterocycles. The lowest BCUT2D eigenvalue weighted by Crippen LogP contribution is -2.38. The number of carbonyl (C=O) groups is 2. The van der Waals surface area contributed by atoms with Crippen LogP contribution in [-0.4, -0.2) is 27.0 Å². The number of hydrogen-bond acceptors (Lipinski definition) is 3. The quantitative estimate of drug-likeness (QED) is 0.681. The molecule has 1 aromatic heterocycles. The maximum Gasteiger partial charge on any atom is 0.310 e. The number of aromatic nitrogens is 2. The van der Waals surface area contributed by atoms with Crippen LogP contribution in [0.4, 0.5) is 0 Å².